The maximum absolute atomic E-state index is 14.8. The Kier molecular flexibility index (Phi) is 6.47. The number of hydrogen-bond acceptors (Lipinski definition) is 7. The second-order valence-electron chi connectivity index (χ2n) is 13.3. The summed E-state index contributed by atoms with van der Waals surface area (Å²) in [5, 5.41) is 13.0. The molecule has 3 fully saturated rings. The summed E-state index contributed by atoms with van der Waals surface area (Å²) in [5.74, 6) is -2.55. The maximum atomic E-state index is 14.8. The number of ether oxygens (including phenoxy) is 3. The Morgan fingerprint density at radius 3 is 2.28 bits per heavy atom. The number of esters is 2. The molecule has 9 atom stereocenters. The molecule has 1 aromatic rings. The molecule has 0 aromatic heterocycles. The van der Waals surface area contributed by atoms with Gasteiger partial charge < -0.3 is 19.3 Å². The van der Waals surface area contributed by atoms with Crippen molar-refractivity contribution in [2.75, 3.05) is 6.61 Å². The lowest BCUT2D eigenvalue weighted by atomic mass is 9.42. The molecule has 212 valence electrons. The highest BCUT2D eigenvalue weighted by molar-refractivity contribution is 5.92. The van der Waals surface area contributed by atoms with Crippen molar-refractivity contribution < 1.29 is 33.7 Å². The van der Waals surface area contributed by atoms with Crippen molar-refractivity contribution >= 4 is 17.7 Å². The molecule has 7 nitrogen and oxygen atoms in total. The number of carbonyl (C=O) groups is 3. The Balaban J connectivity index is 1.81. The topological polar surface area (TPSA) is 99.1 Å². The Hall–Kier alpha value is -2.51. The summed E-state index contributed by atoms with van der Waals surface area (Å²) in [6, 6.07) is 8.68. The highest BCUT2D eigenvalue weighted by Gasteiger charge is 2.76. The van der Waals surface area contributed by atoms with Crippen molar-refractivity contribution in [2.24, 2.45) is 34.5 Å². The van der Waals surface area contributed by atoms with Crippen molar-refractivity contribution in [3.8, 4) is 0 Å². The summed E-state index contributed by atoms with van der Waals surface area (Å²) in [7, 11) is 0. The number of Topliss-reactive ketones (excluding diaryl/α,β-unsaturated/α-hetero) is 1. The third-order valence-electron chi connectivity index (χ3n) is 11.1. The van der Waals surface area contributed by atoms with Crippen molar-refractivity contribution in [1.29, 1.82) is 0 Å². The van der Waals surface area contributed by atoms with E-state index in [1.54, 1.807) is 24.3 Å². The summed E-state index contributed by atoms with van der Waals surface area (Å²) in [6.07, 6.45) is -0.736. The molecular formula is C32H42O7. The fourth-order valence-corrected chi connectivity index (χ4v) is 8.71. The minimum atomic E-state index is -1.54. The van der Waals surface area contributed by atoms with Crippen molar-refractivity contribution in [3.05, 3.63) is 47.0 Å². The molecule has 1 unspecified atom stereocenters. The van der Waals surface area contributed by atoms with Gasteiger partial charge in [0.2, 0.25) is 0 Å². The standard InChI is InChI=1S/C32H42O7/c1-17-15-32(36)27(38-28(35)22-12-10-9-11-13-22)25-30(8,26(34)20(4)24(19(17)3)29(32,6)7)18(2)14-23-31(25,16-37-23)39-21(5)33/h9-13,17-18,20,23,25,27,36H,14-16H2,1-8H3/t17?,18-,20+,23+,25-,27-,30+,31-,32+/m0/s1. The molecule has 1 heterocycles. The number of allylic oxidation sites excluding steroid dienone is 1. The summed E-state index contributed by atoms with van der Waals surface area (Å²) in [6.45, 7) is 15.3. The van der Waals surface area contributed by atoms with Crippen LogP contribution in [0.5, 0.6) is 0 Å². The molecule has 3 aliphatic carbocycles. The molecule has 39 heavy (non-hydrogen) atoms. The summed E-state index contributed by atoms with van der Waals surface area (Å²) in [5.41, 5.74) is -2.35. The molecule has 2 bridgehead atoms. The number of aliphatic hydroxyl groups is 1. The van der Waals surface area contributed by atoms with Crippen LogP contribution in [0.1, 0.15) is 78.6 Å². The van der Waals surface area contributed by atoms with Crippen LogP contribution in [0, 0.1) is 34.5 Å². The zero-order chi connectivity index (χ0) is 28.7. The smallest absolute Gasteiger partial charge is 0.338 e. The average Bonchev–Trinajstić information content (AvgIpc) is 2.87. The van der Waals surface area contributed by atoms with E-state index in [-0.39, 0.29) is 24.2 Å². The monoisotopic (exact) mass is 538 g/mol. The summed E-state index contributed by atoms with van der Waals surface area (Å²) < 4.78 is 18.5. The van der Waals surface area contributed by atoms with Crippen LogP contribution in [0.25, 0.3) is 0 Å². The molecule has 0 amide bonds. The van der Waals surface area contributed by atoms with E-state index in [0.717, 1.165) is 11.1 Å². The molecular weight excluding hydrogens is 496 g/mol. The van der Waals surface area contributed by atoms with Gasteiger partial charge in [-0.05, 0) is 43.7 Å². The van der Waals surface area contributed by atoms with Gasteiger partial charge in [-0.1, -0.05) is 70.9 Å². The van der Waals surface area contributed by atoms with Crippen LogP contribution in [0.3, 0.4) is 0 Å². The first-order chi connectivity index (χ1) is 18.1. The van der Waals surface area contributed by atoms with Gasteiger partial charge in [-0.15, -0.1) is 0 Å². The van der Waals surface area contributed by atoms with Crippen LogP contribution in [0.15, 0.2) is 41.5 Å². The van der Waals surface area contributed by atoms with Gasteiger partial charge in [0.1, 0.15) is 23.6 Å². The SMILES string of the molecule is CC(=O)O[C@@]12CO[C@@H]1C[C@H](C)[C@@]1(C)C(=O)[C@H](C)C3=C(C)C(C)C[C@@](O)([C@@H](OC(=O)c4ccccc4)[C@H]21)C3(C)C. The van der Waals surface area contributed by atoms with Crippen LogP contribution in [-0.4, -0.2) is 52.8 Å². The van der Waals surface area contributed by atoms with E-state index < -0.39 is 58.0 Å². The minimum absolute atomic E-state index is 0.0243. The van der Waals surface area contributed by atoms with Crippen LogP contribution in [0.4, 0.5) is 0 Å². The number of hydrogen-bond donors (Lipinski definition) is 1. The average molecular weight is 539 g/mol. The highest BCUT2D eigenvalue weighted by Crippen LogP contribution is 2.66. The Bertz CT molecular complexity index is 1230. The number of benzene rings is 1. The largest absolute Gasteiger partial charge is 0.455 e. The Labute approximate surface area is 231 Å². The third-order valence-corrected chi connectivity index (χ3v) is 11.1. The quantitative estimate of drug-likeness (QED) is 0.431. The van der Waals surface area contributed by atoms with Gasteiger partial charge >= 0.3 is 11.9 Å². The maximum Gasteiger partial charge on any atom is 0.338 e. The Morgan fingerprint density at radius 1 is 1.08 bits per heavy atom. The van der Waals surface area contributed by atoms with Crippen molar-refractivity contribution in [3.63, 3.8) is 0 Å². The van der Waals surface area contributed by atoms with Crippen molar-refractivity contribution in [1.82, 2.24) is 0 Å². The van der Waals surface area contributed by atoms with Gasteiger partial charge in [-0.25, -0.2) is 4.79 Å². The molecule has 0 radical (unpaired) electrons. The Morgan fingerprint density at radius 2 is 1.72 bits per heavy atom. The summed E-state index contributed by atoms with van der Waals surface area (Å²) >= 11 is 0. The molecule has 7 heteroatoms. The van der Waals surface area contributed by atoms with Gasteiger partial charge in [-0.3, -0.25) is 9.59 Å². The van der Waals surface area contributed by atoms with Gasteiger partial charge in [0.15, 0.2) is 5.60 Å². The van der Waals surface area contributed by atoms with E-state index in [0.29, 0.717) is 18.4 Å². The number of rotatable bonds is 3. The molecule has 1 N–H and O–H groups in total. The lowest BCUT2D eigenvalue weighted by Crippen LogP contribution is -2.80. The molecule has 4 aliphatic rings. The van der Waals surface area contributed by atoms with E-state index in [9.17, 15) is 19.5 Å². The van der Waals surface area contributed by atoms with Gasteiger partial charge in [0.05, 0.1) is 18.1 Å². The fourth-order valence-electron chi connectivity index (χ4n) is 8.71. The third kappa shape index (κ3) is 3.65. The molecule has 1 aromatic carbocycles. The first-order valence-corrected chi connectivity index (χ1v) is 14.2. The number of carbonyl (C=O) groups excluding carboxylic acids is 3. The molecule has 1 saturated heterocycles. The molecule has 1 aliphatic heterocycles. The van der Waals surface area contributed by atoms with Gasteiger partial charge in [0.25, 0.3) is 0 Å². The fraction of sp³-hybridized carbons (Fsp3) is 0.656. The van der Waals surface area contributed by atoms with Crippen LogP contribution < -0.4 is 0 Å². The second-order valence-corrected chi connectivity index (χ2v) is 13.3. The van der Waals surface area contributed by atoms with Crippen LogP contribution in [-0.2, 0) is 23.8 Å². The first-order valence-electron chi connectivity index (χ1n) is 14.2. The first kappa shape index (κ1) is 28.0. The summed E-state index contributed by atoms with van der Waals surface area (Å²) in [4.78, 5) is 41.1. The molecule has 2 saturated carbocycles. The minimum Gasteiger partial charge on any atom is -0.455 e. The van der Waals surface area contributed by atoms with Crippen LogP contribution >= 0.6 is 0 Å². The molecule has 0 spiro atoms. The van der Waals surface area contributed by atoms with Gasteiger partial charge in [0, 0.05) is 23.7 Å². The predicted molar refractivity (Wildman–Crippen MR) is 145 cm³/mol. The lowest BCUT2D eigenvalue weighted by molar-refractivity contribution is -0.339. The number of ketones is 1. The highest BCUT2D eigenvalue weighted by atomic mass is 16.6. The van der Waals surface area contributed by atoms with E-state index in [2.05, 4.69) is 6.92 Å². The zero-order valence-corrected chi connectivity index (χ0v) is 24.4. The van der Waals surface area contributed by atoms with Crippen LogP contribution in [0.2, 0.25) is 0 Å². The van der Waals surface area contributed by atoms with Crippen molar-refractivity contribution in [2.45, 2.75) is 91.6 Å². The predicted octanol–water partition coefficient (Wildman–Crippen LogP) is 4.91. The zero-order valence-electron chi connectivity index (χ0n) is 24.4. The van der Waals surface area contributed by atoms with E-state index in [1.165, 1.54) is 6.92 Å². The number of fused-ring (bicyclic) bond motifs is 5. The van der Waals surface area contributed by atoms with E-state index in [4.69, 9.17) is 14.2 Å². The lowest BCUT2D eigenvalue weighted by Gasteiger charge is -2.68. The second kappa shape index (κ2) is 9.00. The molecule has 5 rings (SSSR count). The normalized spacial score (nSPS) is 42.7. The van der Waals surface area contributed by atoms with E-state index >= 15 is 0 Å². The van der Waals surface area contributed by atoms with Gasteiger partial charge in [-0.2, -0.15) is 0 Å². The van der Waals surface area contributed by atoms with E-state index in [1.807, 2.05) is 47.6 Å².